The molecular weight excluding hydrogens is 264 g/mol. The molecule has 3 heteroatoms. The zero-order valence-corrected chi connectivity index (χ0v) is 14.1. The molecule has 1 fully saturated rings. The lowest BCUT2D eigenvalue weighted by Crippen LogP contribution is -2.26. The molecule has 1 saturated heterocycles. The van der Waals surface area contributed by atoms with Gasteiger partial charge in [-0.25, -0.2) is 0 Å². The van der Waals surface area contributed by atoms with E-state index >= 15 is 0 Å². The first kappa shape index (κ1) is 18.7. The fourth-order valence-electron chi connectivity index (χ4n) is 2.97. The molecule has 0 aromatic carbocycles. The van der Waals surface area contributed by atoms with Gasteiger partial charge in [-0.05, 0) is 20.3 Å². The fraction of sp³-hybridized carbons (Fsp3) is 0.889. The second-order valence-electron chi connectivity index (χ2n) is 6.67. The van der Waals surface area contributed by atoms with Crippen LogP contribution in [0.25, 0.3) is 0 Å². The summed E-state index contributed by atoms with van der Waals surface area (Å²) in [5.41, 5.74) is 0. The van der Waals surface area contributed by atoms with E-state index < -0.39 is 5.79 Å². The molecular formula is C18H34O3. The van der Waals surface area contributed by atoms with Crippen molar-refractivity contribution in [3.63, 3.8) is 0 Å². The van der Waals surface area contributed by atoms with Crippen molar-refractivity contribution in [1.29, 1.82) is 0 Å². The lowest BCUT2D eigenvalue weighted by molar-refractivity contribution is -0.145. The second-order valence-corrected chi connectivity index (χ2v) is 6.67. The summed E-state index contributed by atoms with van der Waals surface area (Å²) in [5, 5.41) is 10.2. The summed E-state index contributed by atoms with van der Waals surface area (Å²) in [4.78, 5) is 0. The summed E-state index contributed by atoms with van der Waals surface area (Å²) in [6.45, 7) is 9.85. The van der Waals surface area contributed by atoms with E-state index in [0.717, 1.165) is 12.8 Å². The van der Waals surface area contributed by atoms with Gasteiger partial charge in [-0.3, -0.25) is 0 Å². The Balaban J connectivity index is 2.13. The molecule has 0 aromatic rings. The summed E-state index contributed by atoms with van der Waals surface area (Å²) in [5.74, 6) is -0.567. The molecule has 0 radical (unpaired) electrons. The third-order valence-corrected chi connectivity index (χ3v) is 4.10. The molecule has 0 saturated carbocycles. The molecule has 0 unspecified atom stereocenters. The van der Waals surface area contributed by atoms with Crippen molar-refractivity contribution in [2.45, 2.75) is 103 Å². The number of aliphatic hydroxyl groups excluding tert-OH is 1. The number of hydrogen-bond donors (Lipinski definition) is 1. The highest BCUT2D eigenvalue weighted by Gasteiger charge is 2.40. The van der Waals surface area contributed by atoms with Gasteiger partial charge in [0.05, 0.1) is 12.2 Å². The Labute approximate surface area is 130 Å². The number of rotatable bonds is 11. The largest absolute Gasteiger partial charge is 0.393 e. The Hall–Kier alpha value is -0.380. The molecule has 3 nitrogen and oxygen atoms in total. The SMILES string of the molecule is C=C[C@H]1OC(C)(C)O[C@@H]1C[C@@H](O)CCCCCCCCC. The average molecular weight is 298 g/mol. The minimum atomic E-state index is -0.567. The molecule has 1 heterocycles. The van der Waals surface area contributed by atoms with Crippen LogP contribution in [0.4, 0.5) is 0 Å². The van der Waals surface area contributed by atoms with Gasteiger partial charge in [0.15, 0.2) is 5.79 Å². The number of hydrogen-bond acceptors (Lipinski definition) is 3. The van der Waals surface area contributed by atoms with Gasteiger partial charge in [0, 0.05) is 6.42 Å². The third-order valence-electron chi connectivity index (χ3n) is 4.10. The third kappa shape index (κ3) is 7.44. The molecule has 1 aliphatic rings. The van der Waals surface area contributed by atoms with Crippen LogP contribution in [0.5, 0.6) is 0 Å². The van der Waals surface area contributed by atoms with Crippen molar-refractivity contribution < 1.29 is 14.6 Å². The Bertz CT molecular complexity index is 288. The van der Waals surface area contributed by atoms with E-state index in [-0.39, 0.29) is 18.3 Å². The maximum Gasteiger partial charge on any atom is 0.164 e. The van der Waals surface area contributed by atoms with E-state index in [0.29, 0.717) is 6.42 Å². The summed E-state index contributed by atoms with van der Waals surface area (Å²) >= 11 is 0. The minimum absolute atomic E-state index is 0.0722. The molecule has 1 aliphatic heterocycles. The van der Waals surface area contributed by atoms with Crippen LogP contribution >= 0.6 is 0 Å². The van der Waals surface area contributed by atoms with Gasteiger partial charge >= 0.3 is 0 Å². The van der Waals surface area contributed by atoms with Crippen molar-refractivity contribution in [2.75, 3.05) is 0 Å². The molecule has 0 amide bonds. The van der Waals surface area contributed by atoms with Crippen molar-refractivity contribution in [1.82, 2.24) is 0 Å². The van der Waals surface area contributed by atoms with Crippen molar-refractivity contribution in [3.05, 3.63) is 12.7 Å². The molecule has 124 valence electrons. The maximum absolute atomic E-state index is 10.2. The predicted molar refractivity (Wildman–Crippen MR) is 87.3 cm³/mol. The molecule has 21 heavy (non-hydrogen) atoms. The highest BCUT2D eigenvalue weighted by molar-refractivity contribution is 4.93. The lowest BCUT2D eigenvalue weighted by Gasteiger charge is -2.19. The van der Waals surface area contributed by atoms with Crippen LogP contribution in [-0.2, 0) is 9.47 Å². The van der Waals surface area contributed by atoms with Gasteiger partial charge in [0.25, 0.3) is 0 Å². The van der Waals surface area contributed by atoms with Crippen LogP contribution in [0.3, 0.4) is 0 Å². The normalized spacial score (nSPS) is 25.9. The van der Waals surface area contributed by atoms with Crippen LogP contribution in [0.15, 0.2) is 12.7 Å². The Morgan fingerprint density at radius 2 is 1.71 bits per heavy atom. The van der Waals surface area contributed by atoms with Gasteiger partial charge in [0.1, 0.15) is 6.10 Å². The topological polar surface area (TPSA) is 38.7 Å². The Morgan fingerprint density at radius 1 is 1.10 bits per heavy atom. The first-order chi connectivity index (χ1) is 9.98. The van der Waals surface area contributed by atoms with E-state index in [9.17, 15) is 5.11 Å². The summed E-state index contributed by atoms with van der Waals surface area (Å²) in [6, 6.07) is 0. The molecule has 0 spiro atoms. The summed E-state index contributed by atoms with van der Waals surface area (Å²) in [7, 11) is 0. The first-order valence-electron chi connectivity index (χ1n) is 8.64. The van der Waals surface area contributed by atoms with Gasteiger partial charge in [-0.1, -0.05) is 57.9 Å². The number of aliphatic hydroxyl groups is 1. The van der Waals surface area contributed by atoms with Crippen LogP contribution in [0.2, 0.25) is 0 Å². The predicted octanol–water partition coefficient (Wildman–Crippen LogP) is 4.58. The zero-order chi connectivity index (χ0) is 15.7. The monoisotopic (exact) mass is 298 g/mol. The quantitative estimate of drug-likeness (QED) is 0.448. The van der Waals surface area contributed by atoms with E-state index in [2.05, 4.69) is 13.5 Å². The van der Waals surface area contributed by atoms with Crippen molar-refractivity contribution in [2.24, 2.45) is 0 Å². The van der Waals surface area contributed by atoms with E-state index in [1.807, 2.05) is 13.8 Å². The van der Waals surface area contributed by atoms with E-state index in [1.165, 1.54) is 38.5 Å². The van der Waals surface area contributed by atoms with Crippen molar-refractivity contribution in [3.8, 4) is 0 Å². The smallest absolute Gasteiger partial charge is 0.164 e. The maximum atomic E-state index is 10.2. The lowest BCUT2D eigenvalue weighted by atomic mass is 10.0. The number of unbranched alkanes of at least 4 members (excludes halogenated alkanes) is 6. The standard InChI is InChI=1S/C18H34O3/c1-5-7-8-9-10-11-12-13-15(19)14-17-16(6-2)20-18(3,4)21-17/h6,15-17,19H,2,5,7-14H2,1,3-4H3/t15-,16+,17+/m0/s1. The van der Waals surface area contributed by atoms with Crippen LogP contribution in [0.1, 0.15) is 78.6 Å². The summed E-state index contributed by atoms with van der Waals surface area (Å²) in [6.07, 6.45) is 11.7. The average Bonchev–Trinajstić information content (AvgIpc) is 2.72. The molecule has 0 aliphatic carbocycles. The fourth-order valence-corrected chi connectivity index (χ4v) is 2.97. The van der Waals surface area contributed by atoms with E-state index in [4.69, 9.17) is 9.47 Å². The van der Waals surface area contributed by atoms with Crippen LogP contribution in [0, 0.1) is 0 Å². The molecule has 1 N–H and O–H groups in total. The molecule has 1 rings (SSSR count). The molecule has 0 aromatic heterocycles. The van der Waals surface area contributed by atoms with Crippen LogP contribution < -0.4 is 0 Å². The Kier molecular flexibility index (Phi) is 8.53. The minimum Gasteiger partial charge on any atom is -0.393 e. The zero-order valence-electron chi connectivity index (χ0n) is 14.1. The summed E-state index contributed by atoms with van der Waals surface area (Å²) < 4.78 is 11.6. The highest BCUT2D eigenvalue weighted by atomic mass is 16.7. The molecule has 3 atom stereocenters. The van der Waals surface area contributed by atoms with Gasteiger partial charge in [-0.15, -0.1) is 6.58 Å². The Morgan fingerprint density at radius 3 is 2.33 bits per heavy atom. The van der Waals surface area contributed by atoms with Gasteiger partial charge in [-0.2, -0.15) is 0 Å². The van der Waals surface area contributed by atoms with E-state index in [1.54, 1.807) is 6.08 Å². The number of ether oxygens (including phenoxy) is 2. The first-order valence-corrected chi connectivity index (χ1v) is 8.64. The highest BCUT2D eigenvalue weighted by Crippen LogP contribution is 2.31. The van der Waals surface area contributed by atoms with Gasteiger partial charge in [0.2, 0.25) is 0 Å². The second kappa shape index (κ2) is 9.60. The molecule has 0 bridgehead atoms. The van der Waals surface area contributed by atoms with Gasteiger partial charge < -0.3 is 14.6 Å². The van der Waals surface area contributed by atoms with Crippen molar-refractivity contribution >= 4 is 0 Å². The van der Waals surface area contributed by atoms with Crippen LogP contribution in [-0.4, -0.2) is 29.2 Å².